The van der Waals surface area contributed by atoms with Gasteiger partial charge in [-0.1, -0.05) is 29.3 Å². The van der Waals surface area contributed by atoms with Gasteiger partial charge in [0.25, 0.3) is 5.91 Å². The van der Waals surface area contributed by atoms with E-state index in [0.29, 0.717) is 15.6 Å². The van der Waals surface area contributed by atoms with Crippen LogP contribution in [0.25, 0.3) is 0 Å². The van der Waals surface area contributed by atoms with Gasteiger partial charge in [-0.15, -0.1) is 0 Å². The SMILES string of the molecule is O=C(NCc1ccc(Cl)cc1Cl)c1[nH]ncc1[N+](=O)[O-]. The average molecular weight is 315 g/mol. The van der Waals surface area contributed by atoms with Gasteiger partial charge in [-0.05, 0) is 17.7 Å². The van der Waals surface area contributed by atoms with Crippen molar-refractivity contribution in [1.82, 2.24) is 15.5 Å². The summed E-state index contributed by atoms with van der Waals surface area (Å²) in [5.41, 5.74) is 0.0522. The van der Waals surface area contributed by atoms with E-state index in [1.165, 1.54) is 0 Å². The van der Waals surface area contributed by atoms with Crippen LogP contribution >= 0.6 is 23.2 Å². The fraction of sp³-hybridized carbons (Fsp3) is 0.0909. The molecule has 0 aliphatic heterocycles. The lowest BCUT2D eigenvalue weighted by Crippen LogP contribution is -2.24. The van der Waals surface area contributed by atoms with Gasteiger partial charge in [-0.2, -0.15) is 5.10 Å². The van der Waals surface area contributed by atoms with E-state index >= 15 is 0 Å². The Kier molecular flexibility index (Phi) is 4.21. The minimum absolute atomic E-state index is 0.116. The van der Waals surface area contributed by atoms with Crippen molar-refractivity contribution in [2.24, 2.45) is 0 Å². The summed E-state index contributed by atoms with van der Waals surface area (Å²) in [4.78, 5) is 21.8. The Morgan fingerprint density at radius 3 is 2.85 bits per heavy atom. The third-order valence-corrected chi connectivity index (χ3v) is 3.08. The zero-order chi connectivity index (χ0) is 14.7. The van der Waals surface area contributed by atoms with E-state index in [0.717, 1.165) is 6.20 Å². The van der Waals surface area contributed by atoms with Crippen LogP contribution in [0.5, 0.6) is 0 Å². The van der Waals surface area contributed by atoms with Gasteiger partial charge >= 0.3 is 5.69 Å². The highest BCUT2D eigenvalue weighted by Gasteiger charge is 2.22. The molecule has 0 fully saturated rings. The Labute approximate surface area is 123 Å². The number of hydrogen-bond donors (Lipinski definition) is 2. The van der Waals surface area contributed by atoms with Crippen molar-refractivity contribution < 1.29 is 9.72 Å². The Morgan fingerprint density at radius 1 is 1.45 bits per heavy atom. The first-order valence-electron chi connectivity index (χ1n) is 5.39. The number of carbonyl (C=O) groups is 1. The Bertz CT molecular complexity index is 671. The lowest BCUT2D eigenvalue weighted by Gasteiger charge is -2.06. The predicted molar refractivity (Wildman–Crippen MR) is 72.9 cm³/mol. The van der Waals surface area contributed by atoms with Crippen LogP contribution in [-0.2, 0) is 6.54 Å². The van der Waals surface area contributed by atoms with Gasteiger partial charge in [0.15, 0.2) is 0 Å². The minimum Gasteiger partial charge on any atom is -0.346 e. The maximum absolute atomic E-state index is 11.8. The highest BCUT2D eigenvalue weighted by Crippen LogP contribution is 2.21. The zero-order valence-electron chi connectivity index (χ0n) is 9.89. The molecule has 0 saturated carbocycles. The fourth-order valence-corrected chi connectivity index (χ4v) is 1.99. The molecule has 0 radical (unpaired) electrons. The van der Waals surface area contributed by atoms with Gasteiger partial charge < -0.3 is 5.32 Å². The van der Waals surface area contributed by atoms with E-state index in [-0.39, 0.29) is 17.9 Å². The number of carbonyl (C=O) groups excluding carboxylic acids is 1. The van der Waals surface area contributed by atoms with Crippen molar-refractivity contribution in [3.05, 3.63) is 55.8 Å². The van der Waals surface area contributed by atoms with Crippen molar-refractivity contribution >= 4 is 34.8 Å². The van der Waals surface area contributed by atoms with Gasteiger partial charge in [0.05, 0.1) is 4.92 Å². The lowest BCUT2D eigenvalue weighted by molar-refractivity contribution is -0.385. The molecule has 0 bridgehead atoms. The van der Waals surface area contributed by atoms with E-state index in [4.69, 9.17) is 23.2 Å². The molecule has 1 amide bonds. The second-order valence-corrected chi connectivity index (χ2v) is 4.65. The quantitative estimate of drug-likeness (QED) is 0.668. The van der Waals surface area contributed by atoms with E-state index in [1.54, 1.807) is 18.2 Å². The molecule has 0 spiro atoms. The zero-order valence-corrected chi connectivity index (χ0v) is 11.4. The first kappa shape index (κ1) is 14.3. The molecule has 1 aromatic carbocycles. The molecular formula is C11H8Cl2N4O3. The molecule has 0 saturated heterocycles. The first-order chi connectivity index (χ1) is 9.49. The topological polar surface area (TPSA) is 101 Å². The number of nitrogens with one attached hydrogen (secondary N) is 2. The highest BCUT2D eigenvalue weighted by molar-refractivity contribution is 6.35. The van der Waals surface area contributed by atoms with Gasteiger partial charge in [-0.3, -0.25) is 20.0 Å². The second-order valence-electron chi connectivity index (χ2n) is 3.81. The summed E-state index contributed by atoms with van der Waals surface area (Å²) in [6.07, 6.45) is 0.976. The van der Waals surface area contributed by atoms with Crippen LogP contribution in [0.4, 0.5) is 5.69 Å². The standard InChI is InChI=1S/C11H8Cl2N4O3/c12-7-2-1-6(8(13)3-7)4-14-11(18)10-9(17(19)20)5-15-16-10/h1-3,5H,4H2,(H,14,18)(H,15,16). The fourth-order valence-electron chi connectivity index (χ4n) is 1.51. The molecule has 104 valence electrons. The predicted octanol–water partition coefficient (Wildman–Crippen LogP) is 2.55. The molecular weight excluding hydrogens is 307 g/mol. The number of aromatic amines is 1. The lowest BCUT2D eigenvalue weighted by atomic mass is 10.2. The molecule has 9 heteroatoms. The smallest absolute Gasteiger partial charge is 0.319 e. The van der Waals surface area contributed by atoms with E-state index < -0.39 is 10.8 Å². The molecule has 0 aliphatic rings. The third-order valence-electron chi connectivity index (χ3n) is 2.50. The van der Waals surface area contributed by atoms with Crippen molar-refractivity contribution in [1.29, 1.82) is 0 Å². The van der Waals surface area contributed by atoms with Crippen LogP contribution in [-0.4, -0.2) is 21.0 Å². The Morgan fingerprint density at radius 2 is 2.20 bits per heavy atom. The number of benzene rings is 1. The molecule has 20 heavy (non-hydrogen) atoms. The largest absolute Gasteiger partial charge is 0.346 e. The molecule has 1 aromatic heterocycles. The van der Waals surface area contributed by atoms with E-state index in [9.17, 15) is 14.9 Å². The van der Waals surface area contributed by atoms with Crippen LogP contribution in [0, 0.1) is 10.1 Å². The maximum Gasteiger partial charge on any atom is 0.319 e. The van der Waals surface area contributed by atoms with Crippen LogP contribution in [0.3, 0.4) is 0 Å². The normalized spacial score (nSPS) is 10.3. The van der Waals surface area contributed by atoms with E-state index in [1.807, 2.05) is 0 Å². The third kappa shape index (κ3) is 3.06. The summed E-state index contributed by atoms with van der Waals surface area (Å²) >= 11 is 11.7. The summed E-state index contributed by atoms with van der Waals surface area (Å²) in [5, 5.41) is 19.8. The number of rotatable bonds is 4. The monoisotopic (exact) mass is 314 g/mol. The molecule has 2 rings (SSSR count). The molecule has 1 heterocycles. The van der Waals surface area contributed by atoms with Gasteiger partial charge in [0.1, 0.15) is 6.20 Å². The maximum atomic E-state index is 11.8. The van der Waals surface area contributed by atoms with Crippen LogP contribution in [0.2, 0.25) is 10.0 Å². The number of hydrogen-bond acceptors (Lipinski definition) is 4. The average Bonchev–Trinajstić information content (AvgIpc) is 2.86. The van der Waals surface area contributed by atoms with Crippen LogP contribution in [0.15, 0.2) is 24.4 Å². The van der Waals surface area contributed by atoms with Crippen molar-refractivity contribution in [2.75, 3.05) is 0 Å². The molecule has 0 aliphatic carbocycles. The summed E-state index contributed by atoms with van der Waals surface area (Å²) in [6.45, 7) is 0.116. The summed E-state index contributed by atoms with van der Waals surface area (Å²) in [5.74, 6) is -0.639. The number of amides is 1. The molecule has 2 aromatic rings. The van der Waals surface area contributed by atoms with Crippen molar-refractivity contribution in [2.45, 2.75) is 6.54 Å². The molecule has 7 nitrogen and oxygen atoms in total. The number of nitrogens with zero attached hydrogens (tertiary/aromatic N) is 2. The molecule has 2 N–H and O–H groups in total. The van der Waals surface area contributed by atoms with Crippen LogP contribution < -0.4 is 5.32 Å². The van der Waals surface area contributed by atoms with E-state index in [2.05, 4.69) is 15.5 Å². The molecule has 0 unspecified atom stereocenters. The van der Waals surface area contributed by atoms with Gasteiger partial charge in [-0.25, -0.2) is 0 Å². The first-order valence-corrected chi connectivity index (χ1v) is 6.14. The Hall–Kier alpha value is -2.12. The van der Waals surface area contributed by atoms with Crippen molar-refractivity contribution in [3.63, 3.8) is 0 Å². The van der Waals surface area contributed by atoms with Crippen LogP contribution in [0.1, 0.15) is 16.1 Å². The number of nitro groups is 1. The summed E-state index contributed by atoms with van der Waals surface area (Å²) < 4.78 is 0. The molecule has 0 atom stereocenters. The minimum atomic E-state index is -0.687. The number of aromatic nitrogens is 2. The number of H-pyrrole nitrogens is 1. The highest BCUT2D eigenvalue weighted by atomic mass is 35.5. The van der Waals surface area contributed by atoms with Gasteiger partial charge in [0, 0.05) is 16.6 Å². The van der Waals surface area contributed by atoms with Crippen molar-refractivity contribution in [3.8, 4) is 0 Å². The second kappa shape index (κ2) is 5.89. The summed E-state index contributed by atoms with van der Waals surface area (Å²) in [6, 6.07) is 4.84. The number of halogens is 2. The van der Waals surface area contributed by atoms with Gasteiger partial charge in [0.2, 0.25) is 5.69 Å². The Balaban J connectivity index is 2.09. The summed E-state index contributed by atoms with van der Waals surface area (Å²) in [7, 11) is 0.